The third-order valence-electron chi connectivity index (χ3n) is 1.41. The van der Waals surface area contributed by atoms with E-state index >= 15 is 0 Å². The highest BCUT2D eigenvalue weighted by atomic mass is 79.9. The van der Waals surface area contributed by atoms with Crippen molar-refractivity contribution in [2.75, 3.05) is 0 Å². The lowest BCUT2D eigenvalue weighted by atomic mass is 10.3. The van der Waals surface area contributed by atoms with Crippen molar-refractivity contribution < 1.29 is 26.7 Å². The highest BCUT2D eigenvalue weighted by Gasteiger charge is 2.34. The van der Waals surface area contributed by atoms with E-state index in [-0.39, 0.29) is 0 Å². The molecule has 0 saturated carbocycles. The normalized spacial score (nSPS) is 12.0. The lowest BCUT2D eigenvalue weighted by Crippen LogP contribution is -2.18. The minimum absolute atomic E-state index is 0.570. The van der Waals surface area contributed by atoms with Crippen LogP contribution < -0.4 is 4.74 Å². The fourth-order valence-corrected chi connectivity index (χ4v) is 1.66. The lowest BCUT2D eigenvalue weighted by Gasteiger charge is -2.13. The summed E-state index contributed by atoms with van der Waals surface area (Å²) >= 11 is 7.86. The average Bonchev–Trinajstić information content (AvgIpc) is 2.10. The van der Waals surface area contributed by atoms with Gasteiger partial charge in [-0.2, -0.15) is 0 Å². The summed E-state index contributed by atoms with van der Waals surface area (Å²) in [5, 5.41) is -0.659. The Bertz CT molecular complexity index is 397. The summed E-state index contributed by atoms with van der Waals surface area (Å²) in [6.07, 6.45) is -7.36. The van der Waals surface area contributed by atoms with Crippen molar-refractivity contribution in [1.82, 2.24) is 4.98 Å². The maximum atomic E-state index is 12.3. The second kappa shape index (κ2) is 4.70. The zero-order valence-corrected chi connectivity index (χ0v) is 9.50. The monoisotopic (exact) mass is 325 g/mol. The molecule has 0 N–H and O–H groups in total. The standard InChI is InChI=1S/C7H2BrClF5NO/c8-3-2(6(10)11)1-15-5(9)4(3)16-7(12,13)14/h1,6H. The number of hydrogen-bond acceptors (Lipinski definition) is 2. The molecular formula is C7H2BrClF5NO. The van der Waals surface area contributed by atoms with Crippen molar-refractivity contribution in [3.05, 3.63) is 21.4 Å². The number of rotatable bonds is 2. The number of hydrogen-bond donors (Lipinski definition) is 0. The lowest BCUT2D eigenvalue weighted by molar-refractivity contribution is -0.275. The van der Waals surface area contributed by atoms with Crippen LogP contribution in [-0.2, 0) is 0 Å². The molecule has 0 aromatic carbocycles. The van der Waals surface area contributed by atoms with Crippen LogP contribution in [0.15, 0.2) is 10.7 Å². The van der Waals surface area contributed by atoms with Crippen LogP contribution in [0.1, 0.15) is 12.0 Å². The molecule has 1 heterocycles. The molecule has 0 aliphatic heterocycles. The van der Waals surface area contributed by atoms with Gasteiger partial charge in [0.1, 0.15) is 0 Å². The Labute approximate surface area is 99.5 Å². The molecule has 0 radical (unpaired) electrons. The van der Waals surface area contributed by atoms with E-state index in [1.54, 1.807) is 0 Å². The summed E-state index contributed by atoms with van der Waals surface area (Å²) in [5.74, 6) is -0.980. The second-order valence-electron chi connectivity index (χ2n) is 2.50. The quantitative estimate of drug-likeness (QED) is 0.596. The molecule has 1 rings (SSSR count). The van der Waals surface area contributed by atoms with Crippen LogP contribution in [-0.4, -0.2) is 11.3 Å². The van der Waals surface area contributed by atoms with Crippen LogP contribution in [0.2, 0.25) is 5.15 Å². The number of pyridine rings is 1. The Kier molecular flexibility index (Phi) is 3.95. The van der Waals surface area contributed by atoms with Gasteiger partial charge in [-0.15, -0.1) is 13.2 Å². The van der Waals surface area contributed by atoms with E-state index in [9.17, 15) is 22.0 Å². The number of halogens is 7. The molecule has 2 nitrogen and oxygen atoms in total. The molecule has 90 valence electrons. The fourth-order valence-electron chi connectivity index (χ4n) is 0.818. The number of nitrogens with zero attached hydrogens (tertiary/aromatic N) is 1. The summed E-state index contributed by atoms with van der Waals surface area (Å²) in [4.78, 5) is 3.18. The summed E-state index contributed by atoms with van der Waals surface area (Å²) in [5.41, 5.74) is -0.733. The number of ether oxygens (including phenoxy) is 1. The molecule has 0 saturated heterocycles. The first-order valence-corrected chi connectivity index (χ1v) is 4.77. The third-order valence-corrected chi connectivity index (χ3v) is 2.50. The predicted molar refractivity (Wildman–Crippen MR) is 48.6 cm³/mol. The van der Waals surface area contributed by atoms with Crippen molar-refractivity contribution >= 4 is 27.5 Å². The van der Waals surface area contributed by atoms with E-state index in [4.69, 9.17) is 11.6 Å². The summed E-state index contributed by atoms with van der Waals surface area (Å²) in [6, 6.07) is 0. The van der Waals surface area contributed by atoms with E-state index in [1.165, 1.54) is 0 Å². The van der Waals surface area contributed by atoms with Gasteiger partial charge >= 0.3 is 6.36 Å². The maximum Gasteiger partial charge on any atom is 0.573 e. The number of alkyl halides is 5. The average molecular weight is 326 g/mol. The van der Waals surface area contributed by atoms with Crippen molar-refractivity contribution in [3.8, 4) is 5.75 Å². The molecule has 0 unspecified atom stereocenters. The van der Waals surface area contributed by atoms with E-state index < -0.39 is 33.7 Å². The van der Waals surface area contributed by atoms with Gasteiger partial charge in [-0.25, -0.2) is 13.8 Å². The van der Waals surface area contributed by atoms with Gasteiger partial charge in [0.05, 0.1) is 10.0 Å². The minimum Gasteiger partial charge on any atom is -0.401 e. The maximum absolute atomic E-state index is 12.3. The van der Waals surface area contributed by atoms with Crippen LogP contribution in [0, 0.1) is 0 Å². The van der Waals surface area contributed by atoms with Gasteiger partial charge in [0, 0.05) is 6.20 Å². The molecule has 0 spiro atoms. The van der Waals surface area contributed by atoms with E-state index in [1.807, 2.05) is 0 Å². The largest absolute Gasteiger partial charge is 0.573 e. The highest BCUT2D eigenvalue weighted by Crippen LogP contribution is 2.40. The third kappa shape index (κ3) is 3.18. The van der Waals surface area contributed by atoms with Crippen molar-refractivity contribution in [2.45, 2.75) is 12.8 Å². The van der Waals surface area contributed by atoms with Gasteiger partial charge in [-0.3, -0.25) is 0 Å². The Morgan fingerprint density at radius 3 is 2.38 bits per heavy atom. The SMILES string of the molecule is FC(F)c1cnc(Cl)c(OC(F)(F)F)c1Br. The first-order chi connectivity index (χ1) is 7.22. The zero-order valence-electron chi connectivity index (χ0n) is 7.16. The van der Waals surface area contributed by atoms with Crippen molar-refractivity contribution in [3.63, 3.8) is 0 Å². The molecule has 0 aliphatic rings. The first kappa shape index (κ1) is 13.4. The Balaban J connectivity index is 3.21. The highest BCUT2D eigenvalue weighted by molar-refractivity contribution is 9.10. The van der Waals surface area contributed by atoms with Gasteiger partial charge in [0.2, 0.25) is 0 Å². The summed E-state index contributed by atoms with van der Waals surface area (Å²) in [7, 11) is 0. The molecule has 9 heteroatoms. The Morgan fingerprint density at radius 2 is 1.94 bits per heavy atom. The molecule has 16 heavy (non-hydrogen) atoms. The van der Waals surface area contributed by atoms with Gasteiger partial charge < -0.3 is 4.74 Å². The van der Waals surface area contributed by atoms with Gasteiger partial charge in [-0.1, -0.05) is 11.6 Å². The molecule has 0 atom stereocenters. The predicted octanol–water partition coefficient (Wildman–Crippen LogP) is 4.33. The number of aromatic nitrogens is 1. The Hall–Kier alpha value is -0.630. The van der Waals surface area contributed by atoms with Gasteiger partial charge in [-0.05, 0) is 15.9 Å². The zero-order chi connectivity index (χ0) is 12.5. The van der Waals surface area contributed by atoms with Gasteiger partial charge in [0.25, 0.3) is 6.43 Å². The van der Waals surface area contributed by atoms with Crippen LogP contribution in [0.5, 0.6) is 5.75 Å². The van der Waals surface area contributed by atoms with Crippen LogP contribution in [0.4, 0.5) is 22.0 Å². The van der Waals surface area contributed by atoms with Crippen molar-refractivity contribution in [1.29, 1.82) is 0 Å². The smallest absolute Gasteiger partial charge is 0.401 e. The fraction of sp³-hybridized carbons (Fsp3) is 0.286. The first-order valence-electron chi connectivity index (χ1n) is 3.60. The van der Waals surface area contributed by atoms with Gasteiger partial charge in [0.15, 0.2) is 10.9 Å². The molecular weight excluding hydrogens is 324 g/mol. The topological polar surface area (TPSA) is 22.1 Å². The summed E-state index contributed by atoms with van der Waals surface area (Å²) in [6.45, 7) is 0. The molecule has 0 bridgehead atoms. The van der Waals surface area contributed by atoms with Crippen LogP contribution in [0.3, 0.4) is 0 Å². The molecule has 1 aromatic heterocycles. The summed E-state index contributed by atoms with van der Waals surface area (Å²) < 4.78 is 63.3. The van der Waals surface area contributed by atoms with Crippen LogP contribution in [0.25, 0.3) is 0 Å². The van der Waals surface area contributed by atoms with E-state index in [0.717, 1.165) is 0 Å². The molecule has 0 fully saturated rings. The molecule has 0 amide bonds. The van der Waals surface area contributed by atoms with Crippen molar-refractivity contribution in [2.24, 2.45) is 0 Å². The molecule has 0 aliphatic carbocycles. The van der Waals surface area contributed by atoms with E-state index in [0.29, 0.717) is 6.20 Å². The Morgan fingerprint density at radius 1 is 1.38 bits per heavy atom. The molecule has 1 aromatic rings. The minimum atomic E-state index is -5.03. The second-order valence-corrected chi connectivity index (χ2v) is 3.65. The van der Waals surface area contributed by atoms with Crippen LogP contribution >= 0.6 is 27.5 Å². The van der Waals surface area contributed by atoms with E-state index in [2.05, 4.69) is 25.7 Å².